The van der Waals surface area contributed by atoms with Crippen molar-refractivity contribution < 1.29 is 17.9 Å². The topological polar surface area (TPSA) is 90.3 Å². The summed E-state index contributed by atoms with van der Waals surface area (Å²) in [6.07, 6.45) is 2.88. The average molecular weight is 406 g/mol. The zero-order valence-corrected chi connectivity index (χ0v) is 16.1. The second kappa shape index (κ2) is 7.42. The highest BCUT2D eigenvalue weighted by Crippen LogP contribution is 2.26. The van der Waals surface area contributed by atoms with Gasteiger partial charge in [0.2, 0.25) is 0 Å². The molecule has 1 amide bonds. The molecule has 0 aliphatic carbocycles. The van der Waals surface area contributed by atoms with Crippen LogP contribution in [0.4, 0.5) is 0 Å². The minimum absolute atomic E-state index is 0.0266. The SMILES string of the molecule is COc1ccc(Cl)c(S(=O)(=O)NC(=O)c2cn(-c3ccc(C)cc3)cn2)c1. The lowest BCUT2D eigenvalue weighted by Crippen LogP contribution is -2.31. The van der Waals surface area contributed by atoms with Crippen LogP contribution in [0.25, 0.3) is 5.69 Å². The predicted octanol–water partition coefficient (Wildman–Crippen LogP) is 2.96. The first-order chi connectivity index (χ1) is 12.8. The summed E-state index contributed by atoms with van der Waals surface area (Å²) in [6.45, 7) is 1.96. The Kier molecular flexibility index (Phi) is 5.20. The predicted molar refractivity (Wildman–Crippen MR) is 101 cm³/mol. The van der Waals surface area contributed by atoms with Crippen LogP contribution in [0.3, 0.4) is 0 Å². The van der Waals surface area contributed by atoms with Crippen LogP contribution >= 0.6 is 11.6 Å². The number of sulfonamides is 1. The molecule has 0 atom stereocenters. The Morgan fingerprint density at radius 1 is 1.19 bits per heavy atom. The van der Waals surface area contributed by atoms with Crippen molar-refractivity contribution in [1.29, 1.82) is 0 Å². The van der Waals surface area contributed by atoms with Crippen molar-refractivity contribution in [2.24, 2.45) is 0 Å². The molecule has 2 aromatic carbocycles. The van der Waals surface area contributed by atoms with Gasteiger partial charge in [0.25, 0.3) is 15.9 Å². The average Bonchev–Trinajstić information content (AvgIpc) is 3.12. The highest BCUT2D eigenvalue weighted by molar-refractivity contribution is 7.90. The van der Waals surface area contributed by atoms with E-state index < -0.39 is 15.9 Å². The molecule has 0 radical (unpaired) electrons. The first-order valence-corrected chi connectivity index (χ1v) is 9.68. The standard InChI is InChI=1S/C18H16ClN3O4S/c1-12-3-5-13(6-4-12)22-10-16(20-11-22)18(23)21-27(24,25)17-9-14(26-2)7-8-15(17)19/h3-11H,1-2H3,(H,21,23). The number of halogens is 1. The quantitative estimate of drug-likeness (QED) is 0.704. The van der Waals surface area contributed by atoms with Crippen LogP contribution in [0.5, 0.6) is 5.75 Å². The van der Waals surface area contributed by atoms with E-state index in [2.05, 4.69) is 4.98 Å². The highest BCUT2D eigenvalue weighted by Gasteiger charge is 2.23. The number of carbonyl (C=O) groups excluding carboxylic acids is 1. The Labute approximate surface area is 161 Å². The van der Waals surface area contributed by atoms with Crippen molar-refractivity contribution in [3.05, 3.63) is 71.3 Å². The molecule has 0 spiro atoms. The second-order valence-electron chi connectivity index (χ2n) is 5.73. The molecule has 1 heterocycles. The molecule has 140 valence electrons. The minimum atomic E-state index is -4.19. The summed E-state index contributed by atoms with van der Waals surface area (Å²) in [5.74, 6) is -0.560. The van der Waals surface area contributed by atoms with Gasteiger partial charge in [0.05, 0.1) is 12.1 Å². The van der Waals surface area contributed by atoms with E-state index in [9.17, 15) is 13.2 Å². The maximum atomic E-state index is 12.5. The monoisotopic (exact) mass is 405 g/mol. The number of hydrogen-bond donors (Lipinski definition) is 1. The van der Waals surface area contributed by atoms with E-state index in [1.165, 1.54) is 37.8 Å². The molecule has 0 aliphatic heterocycles. The van der Waals surface area contributed by atoms with Crippen LogP contribution in [0.1, 0.15) is 16.1 Å². The van der Waals surface area contributed by atoms with E-state index in [0.717, 1.165) is 11.3 Å². The molecule has 0 saturated heterocycles. The van der Waals surface area contributed by atoms with Gasteiger partial charge < -0.3 is 9.30 Å². The van der Waals surface area contributed by atoms with Gasteiger partial charge in [0, 0.05) is 18.0 Å². The molecule has 0 bridgehead atoms. The fourth-order valence-electron chi connectivity index (χ4n) is 2.34. The summed E-state index contributed by atoms with van der Waals surface area (Å²) in [5.41, 5.74) is 1.85. The third-order valence-electron chi connectivity index (χ3n) is 3.80. The van der Waals surface area contributed by atoms with E-state index >= 15 is 0 Å². The molecule has 0 saturated carbocycles. The number of methoxy groups -OCH3 is 1. The summed E-state index contributed by atoms with van der Waals surface area (Å²) in [4.78, 5) is 16.1. The summed E-state index contributed by atoms with van der Waals surface area (Å²) in [6, 6.07) is 11.7. The zero-order valence-electron chi connectivity index (χ0n) is 14.5. The summed E-state index contributed by atoms with van der Waals surface area (Å²) in [5, 5.41) is -0.0266. The lowest BCUT2D eigenvalue weighted by atomic mass is 10.2. The molecular formula is C18H16ClN3O4S. The highest BCUT2D eigenvalue weighted by atomic mass is 35.5. The Hall–Kier alpha value is -2.84. The number of ether oxygens (including phenoxy) is 1. The molecule has 0 fully saturated rings. The maximum absolute atomic E-state index is 12.5. The summed E-state index contributed by atoms with van der Waals surface area (Å²) < 4.78 is 33.6. The van der Waals surface area contributed by atoms with Gasteiger partial charge in [-0.3, -0.25) is 4.79 Å². The van der Waals surface area contributed by atoms with Crippen molar-refractivity contribution in [3.8, 4) is 11.4 Å². The van der Waals surface area contributed by atoms with Gasteiger partial charge in [0.15, 0.2) is 0 Å². The number of hydrogen-bond acceptors (Lipinski definition) is 5. The number of carbonyl (C=O) groups is 1. The fourth-order valence-corrected chi connectivity index (χ4v) is 3.82. The van der Waals surface area contributed by atoms with Crippen LogP contribution in [0, 0.1) is 6.92 Å². The van der Waals surface area contributed by atoms with Crippen LogP contribution in [-0.2, 0) is 10.0 Å². The van der Waals surface area contributed by atoms with E-state index in [1.807, 2.05) is 35.9 Å². The number of rotatable bonds is 5. The lowest BCUT2D eigenvalue weighted by Gasteiger charge is -2.09. The fraction of sp³-hybridized carbons (Fsp3) is 0.111. The van der Waals surface area contributed by atoms with Gasteiger partial charge >= 0.3 is 0 Å². The van der Waals surface area contributed by atoms with Crippen molar-refractivity contribution in [3.63, 3.8) is 0 Å². The lowest BCUT2D eigenvalue weighted by molar-refractivity contribution is 0.0977. The molecule has 1 aromatic heterocycles. The number of benzene rings is 2. The van der Waals surface area contributed by atoms with Crippen molar-refractivity contribution in [2.45, 2.75) is 11.8 Å². The van der Waals surface area contributed by atoms with E-state index in [-0.39, 0.29) is 15.6 Å². The summed E-state index contributed by atoms with van der Waals surface area (Å²) >= 11 is 5.96. The van der Waals surface area contributed by atoms with Crippen LogP contribution < -0.4 is 9.46 Å². The normalized spacial score (nSPS) is 11.2. The first kappa shape index (κ1) is 18.9. The molecule has 3 aromatic rings. The van der Waals surface area contributed by atoms with Gasteiger partial charge in [-0.25, -0.2) is 18.1 Å². The molecule has 0 unspecified atom stereocenters. The first-order valence-electron chi connectivity index (χ1n) is 7.82. The van der Waals surface area contributed by atoms with Gasteiger partial charge in [-0.2, -0.15) is 0 Å². The third-order valence-corrected chi connectivity index (χ3v) is 5.61. The Morgan fingerprint density at radius 2 is 1.89 bits per heavy atom. The zero-order chi connectivity index (χ0) is 19.6. The second-order valence-corrected chi connectivity index (χ2v) is 7.79. The van der Waals surface area contributed by atoms with Crippen LogP contribution in [0.15, 0.2) is 59.9 Å². The Balaban J connectivity index is 1.84. The van der Waals surface area contributed by atoms with Crippen LogP contribution in [-0.4, -0.2) is 31.0 Å². The number of amides is 1. The van der Waals surface area contributed by atoms with Gasteiger partial charge in [-0.05, 0) is 31.2 Å². The van der Waals surface area contributed by atoms with Crippen LogP contribution in [0.2, 0.25) is 5.02 Å². The number of aromatic nitrogens is 2. The van der Waals surface area contributed by atoms with E-state index in [1.54, 1.807) is 4.57 Å². The molecule has 7 nitrogen and oxygen atoms in total. The van der Waals surface area contributed by atoms with E-state index in [4.69, 9.17) is 16.3 Å². The Bertz CT molecular complexity index is 1090. The van der Waals surface area contributed by atoms with Gasteiger partial charge in [-0.15, -0.1) is 0 Å². The van der Waals surface area contributed by atoms with Gasteiger partial charge in [0.1, 0.15) is 22.7 Å². The largest absolute Gasteiger partial charge is 0.497 e. The number of imidazole rings is 1. The summed E-state index contributed by atoms with van der Waals surface area (Å²) in [7, 11) is -2.79. The van der Waals surface area contributed by atoms with Gasteiger partial charge in [-0.1, -0.05) is 29.3 Å². The molecule has 3 rings (SSSR count). The minimum Gasteiger partial charge on any atom is -0.497 e. The van der Waals surface area contributed by atoms with Crippen molar-refractivity contribution >= 4 is 27.5 Å². The molecular weight excluding hydrogens is 390 g/mol. The van der Waals surface area contributed by atoms with Crippen molar-refractivity contribution in [2.75, 3.05) is 7.11 Å². The Morgan fingerprint density at radius 3 is 2.56 bits per heavy atom. The molecule has 9 heteroatoms. The molecule has 1 N–H and O–H groups in total. The molecule has 0 aliphatic rings. The number of aryl methyl sites for hydroxylation is 1. The molecule has 27 heavy (non-hydrogen) atoms. The smallest absolute Gasteiger partial charge is 0.285 e. The maximum Gasteiger partial charge on any atom is 0.285 e. The van der Waals surface area contributed by atoms with E-state index in [0.29, 0.717) is 5.75 Å². The number of nitrogens with zero attached hydrogens (tertiary/aromatic N) is 2. The number of nitrogens with one attached hydrogen (secondary N) is 1. The third kappa shape index (κ3) is 4.12. The van der Waals surface area contributed by atoms with Crippen molar-refractivity contribution in [1.82, 2.24) is 14.3 Å².